The van der Waals surface area contributed by atoms with Crippen LogP contribution in [0.4, 0.5) is 13.2 Å². The summed E-state index contributed by atoms with van der Waals surface area (Å²) >= 11 is 0. The molecule has 3 N–H and O–H groups in total. The third-order valence-electron chi connectivity index (χ3n) is 1.27. The van der Waals surface area contributed by atoms with Gasteiger partial charge in [0, 0.05) is 13.0 Å². The van der Waals surface area contributed by atoms with Gasteiger partial charge in [0.15, 0.2) is 5.96 Å². The number of hydrogen-bond donors (Lipinski definition) is 2. The second-order valence-electron chi connectivity index (χ2n) is 2.54. The van der Waals surface area contributed by atoms with Crippen LogP contribution in [0.15, 0.2) is 4.99 Å². The van der Waals surface area contributed by atoms with Gasteiger partial charge in [-0.2, -0.15) is 18.2 Å². The molecular weight excluding hydrogens is 215 g/mol. The Morgan fingerprint density at radius 1 is 1.47 bits per heavy atom. The van der Waals surface area contributed by atoms with Gasteiger partial charge >= 0.3 is 12.1 Å². The molecule has 0 atom stereocenters. The zero-order valence-corrected chi connectivity index (χ0v) is 7.67. The number of unbranched alkanes of at least 4 members (excludes halogenated alkanes) is 1. The third kappa shape index (κ3) is 6.47. The number of amides is 1. The molecule has 1 amide bonds. The summed E-state index contributed by atoms with van der Waals surface area (Å²) in [5, 5.41) is 2.27. The fourth-order valence-electron chi connectivity index (χ4n) is 0.614. The van der Waals surface area contributed by atoms with Gasteiger partial charge in [0.2, 0.25) is 0 Å². The highest BCUT2D eigenvalue weighted by Crippen LogP contribution is 2.15. The fraction of sp³-hybridized carbons (Fsp3) is 0.571. The van der Waals surface area contributed by atoms with E-state index in [-0.39, 0.29) is 13.0 Å². The number of carbonyl (C=O) groups excluding carboxylic acids is 2. The molecule has 0 spiro atoms. The molecule has 0 saturated carbocycles. The van der Waals surface area contributed by atoms with E-state index in [1.54, 1.807) is 0 Å². The monoisotopic (exact) mass is 225 g/mol. The van der Waals surface area contributed by atoms with E-state index in [4.69, 9.17) is 5.73 Å². The van der Waals surface area contributed by atoms with Gasteiger partial charge in [-0.05, 0) is 6.42 Å². The van der Waals surface area contributed by atoms with Crippen molar-refractivity contribution in [2.24, 2.45) is 10.7 Å². The Labute approximate surface area is 83.5 Å². The van der Waals surface area contributed by atoms with Crippen LogP contribution in [0.25, 0.3) is 0 Å². The predicted molar refractivity (Wildman–Crippen MR) is 46.0 cm³/mol. The van der Waals surface area contributed by atoms with Gasteiger partial charge in [-0.15, -0.1) is 0 Å². The van der Waals surface area contributed by atoms with Crippen LogP contribution in [0, 0.1) is 0 Å². The van der Waals surface area contributed by atoms with Crippen molar-refractivity contribution in [1.29, 1.82) is 0 Å². The number of carbonyl (C=O) groups is 2. The number of nitrogens with two attached hydrogens (primary N) is 1. The Morgan fingerprint density at radius 2 is 2.07 bits per heavy atom. The van der Waals surface area contributed by atoms with Crippen LogP contribution in [0.2, 0.25) is 0 Å². The highest BCUT2D eigenvalue weighted by atomic mass is 19.4. The number of alkyl halides is 3. The average Bonchev–Trinajstić information content (AvgIpc) is 2.11. The minimum Gasteiger partial charge on any atom is -0.370 e. The second kappa shape index (κ2) is 5.99. The van der Waals surface area contributed by atoms with Crippen LogP contribution in [-0.4, -0.2) is 30.9 Å². The molecule has 0 bridgehead atoms. The van der Waals surface area contributed by atoms with Crippen molar-refractivity contribution >= 4 is 18.2 Å². The van der Waals surface area contributed by atoms with Crippen molar-refractivity contribution in [3.8, 4) is 0 Å². The van der Waals surface area contributed by atoms with Crippen LogP contribution in [0.5, 0.6) is 0 Å². The molecule has 0 aromatic heterocycles. The number of nitrogens with zero attached hydrogens (tertiary/aromatic N) is 1. The molecule has 8 heteroatoms. The lowest BCUT2D eigenvalue weighted by Gasteiger charge is -2.04. The summed E-state index contributed by atoms with van der Waals surface area (Å²) in [4.78, 5) is 22.7. The summed E-state index contributed by atoms with van der Waals surface area (Å²) in [6.07, 6.45) is -3.70. The van der Waals surface area contributed by atoms with E-state index in [2.05, 4.69) is 10.3 Å². The maximum absolute atomic E-state index is 11.7. The highest BCUT2D eigenvalue weighted by molar-refractivity contribution is 5.94. The normalized spacial score (nSPS) is 12.3. The molecule has 86 valence electrons. The summed E-state index contributed by atoms with van der Waals surface area (Å²) in [6, 6.07) is 0. The van der Waals surface area contributed by atoms with E-state index in [9.17, 15) is 22.8 Å². The van der Waals surface area contributed by atoms with Crippen LogP contribution < -0.4 is 11.1 Å². The maximum Gasteiger partial charge on any atom is 0.473 e. The third-order valence-corrected chi connectivity index (χ3v) is 1.27. The summed E-state index contributed by atoms with van der Waals surface area (Å²) in [5.74, 6) is -2.87. The molecule has 0 radical (unpaired) electrons. The van der Waals surface area contributed by atoms with Crippen LogP contribution in [0.1, 0.15) is 12.8 Å². The van der Waals surface area contributed by atoms with Crippen molar-refractivity contribution in [3.63, 3.8) is 0 Å². The Balaban J connectivity index is 3.98. The van der Waals surface area contributed by atoms with Crippen LogP contribution in [-0.2, 0) is 9.59 Å². The van der Waals surface area contributed by atoms with E-state index < -0.39 is 18.0 Å². The quantitative estimate of drug-likeness (QED) is 0.304. The molecule has 0 unspecified atom stereocenters. The summed E-state index contributed by atoms with van der Waals surface area (Å²) in [6.45, 7) is 0.180. The Kier molecular flexibility index (Phi) is 5.35. The van der Waals surface area contributed by atoms with E-state index >= 15 is 0 Å². The van der Waals surface area contributed by atoms with Gasteiger partial charge in [-0.1, -0.05) is 0 Å². The number of aldehydes is 1. The first-order valence-electron chi connectivity index (χ1n) is 4.00. The molecule has 0 fully saturated rings. The molecule has 0 aliphatic heterocycles. The van der Waals surface area contributed by atoms with Gasteiger partial charge in [0.1, 0.15) is 6.29 Å². The Bertz CT molecular complexity index is 263. The molecule has 0 heterocycles. The lowest BCUT2D eigenvalue weighted by atomic mass is 10.3. The molecule has 0 aromatic rings. The molecule has 5 nitrogen and oxygen atoms in total. The van der Waals surface area contributed by atoms with Crippen molar-refractivity contribution in [2.45, 2.75) is 19.0 Å². The summed E-state index contributed by atoms with van der Waals surface area (Å²) in [7, 11) is 0. The standard InChI is InChI=1S/C7H10F3N3O2/c8-7(9,10)5(15)13-6(11)12-3-1-2-4-14/h4H,1-3H2,(H3,11,12,13,15). The van der Waals surface area contributed by atoms with Gasteiger partial charge < -0.3 is 15.8 Å². The number of hydrogen-bond acceptors (Lipinski definition) is 2. The lowest BCUT2D eigenvalue weighted by Crippen LogP contribution is -2.35. The largest absolute Gasteiger partial charge is 0.473 e. The van der Waals surface area contributed by atoms with Crippen LogP contribution in [0.3, 0.4) is 0 Å². The topological polar surface area (TPSA) is 84.5 Å². The minimum absolute atomic E-state index is 0.180. The van der Waals surface area contributed by atoms with E-state index in [0.29, 0.717) is 12.7 Å². The highest BCUT2D eigenvalue weighted by Gasteiger charge is 2.38. The molecule has 15 heavy (non-hydrogen) atoms. The van der Waals surface area contributed by atoms with E-state index in [0.717, 1.165) is 0 Å². The number of halogens is 3. The molecular formula is C7H10F3N3O2. The van der Waals surface area contributed by atoms with Gasteiger partial charge in [0.05, 0.1) is 0 Å². The van der Waals surface area contributed by atoms with Gasteiger partial charge in [-0.25, -0.2) is 0 Å². The number of guanidine groups is 1. The van der Waals surface area contributed by atoms with Gasteiger partial charge in [-0.3, -0.25) is 4.79 Å². The Hall–Kier alpha value is -1.60. The fourth-order valence-corrected chi connectivity index (χ4v) is 0.614. The summed E-state index contributed by atoms with van der Waals surface area (Å²) in [5.41, 5.74) is 4.98. The number of aliphatic imine (C=N–C) groups is 1. The van der Waals surface area contributed by atoms with Crippen molar-refractivity contribution in [2.75, 3.05) is 6.54 Å². The number of rotatable bonds is 4. The second-order valence-corrected chi connectivity index (χ2v) is 2.54. The SMILES string of the molecule is NC(=NC(=O)C(F)(F)F)NCCCC=O. The van der Waals surface area contributed by atoms with E-state index in [1.165, 1.54) is 0 Å². The smallest absolute Gasteiger partial charge is 0.370 e. The number of nitrogens with one attached hydrogen (secondary N) is 1. The first-order valence-corrected chi connectivity index (χ1v) is 4.00. The van der Waals surface area contributed by atoms with Crippen molar-refractivity contribution < 1.29 is 22.8 Å². The molecule has 0 saturated heterocycles. The molecule has 0 aromatic carbocycles. The van der Waals surface area contributed by atoms with E-state index in [1.807, 2.05) is 0 Å². The van der Waals surface area contributed by atoms with Crippen molar-refractivity contribution in [3.05, 3.63) is 0 Å². The molecule has 0 aliphatic carbocycles. The predicted octanol–water partition coefficient (Wildman–Crippen LogP) is -0.0413. The maximum atomic E-state index is 11.7. The van der Waals surface area contributed by atoms with Crippen molar-refractivity contribution in [1.82, 2.24) is 5.32 Å². The average molecular weight is 225 g/mol. The first kappa shape index (κ1) is 13.4. The molecule has 0 aliphatic rings. The zero-order chi connectivity index (χ0) is 11.9. The first-order chi connectivity index (χ1) is 6.88. The molecule has 0 rings (SSSR count). The summed E-state index contributed by atoms with van der Waals surface area (Å²) < 4.78 is 35.0. The van der Waals surface area contributed by atoms with Crippen LogP contribution >= 0.6 is 0 Å². The zero-order valence-electron chi connectivity index (χ0n) is 7.67. The Morgan fingerprint density at radius 3 is 2.53 bits per heavy atom. The lowest BCUT2D eigenvalue weighted by molar-refractivity contribution is -0.169. The van der Waals surface area contributed by atoms with Gasteiger partial charge in [0.25, 0.3) is 0 Å². The minimum atomic E-state index is -5.02.